The van der Waals surface area contributed by atoms with Crippen LogP contribution in [-0.4, -0.2) is 37.6 Å². The van der Waals surface area contributed by atoms with Gasteiger partial charge in [0.25, 0.3) is 0 Å². The molecule has 0 amide bonds. The standard InChI is InChI=1S/C13H28N2/c1-3-5-13-6-10-15(11-7-13)12-9-14-8-4-2/h13-14H,3-12H2,1-2H3. The summed E-state index contributed by atoms with van der Waals surface area (Å²) >= 11 is 0. The lowest BCUT2D eigenvalue weighted by Gasteiger charge is -2.31. The van der Waals surface area contributed by atoms with Crippen LogP contribution in [0, 0.1) is 5.92 Å². The molecule has 0 aromatic rings. The first-order valence-electron chi connectivity index (χ1n) is 6.79. The summed E-state index contributed by atoms with van der Waals surface area (Å²) in [5.41, 5.74) is 0. The molecule has 2 heteroatoms. The van der Waals surface area contributed by atoms with Gasteiger partial charge in [-0.1, -0.05) is 26.7 Å². The summed E-state index contributed by atoms with van der Waals surface area (Å²) in [5.74, 6) is 1.02. The van der Waals surface area contributed by atoms with Crippen LogP contribution in [0.4, 0.5) is 0 Å². The number of piperidine rings is 1. The van der Waals surface area contributed by atoms with E-state index >= 15 is 0 Å². The lowest BCUT2D eigenvalue weighted by atomic mass is 9.92. The van der Waals surface area contributed by atoms with Crippen LogP contribution in [0.3, 0.4) is 0 Å². The van der Waals surface area contributed by atoms with Crippen LogP contribution < -0.4 is 5.32 Å². The van der Waals surface area contributed by atoms with Crippen molar-refractivity contribution in [2.24, 2.45) is 5.92 Å². The van der Waals surface area contributed by atoms with Crippen molar-refractivity contribution in [3.05, 3.63) is 0 Å². The van der Waals surface area contributed by atoms with Crippen LogP contribution >= 0.6 is 0 Å². The van der Waals surface area contributed by atoms with Crippen molar-refractivity contribution in [3.8, 4) is 0 Å². The third-order valence-corrected chi connectivity index (χ3v) is 3.44. The number of nitrogens with zero attached hydrogens (tertiary/aromatic N) is 1. The van der Waals surface area contributed by atoms with E-state index in [-0.39, 0.29) is 0 Å². The van der Waals surface area contributed by atoms with Crippen LogP contribution in [0.15, 0.2) is 0 Å². The lowest BCUT2D eigenvalue weighted by Crippen LogP contribution is -2.38. The Bertz CT molecular complexity index is 137. The molecule has 0 spiro atoms. The molecule has 0 atom stereocenters. The fourth-order valence-corrected chi connectivity index (χ4v) is 2.45. The van der Waals surface area contributed by atoms with Gasteiger partial charge in [0, 0.05) is 13.1 Å². The van der Waals surface area contributed by atoms with Crippen LogP contribution in [0.5, 0.6) is 0 Å². The van der Waals surface area contributed by atoms with Crippen LogP contribution in [0.25, 0.3) is 0 Å². The maximum atomic E-state index is 3.48. The van der Waals surface area contributed by atoms with E-state index in [4.69, 9.17) is 0 Å². The zero-order valence-corrected chi connectivity index (χ0v) is 10.6. The van der Waals surface area contributed by atoms with Gasteiger partial charge in [0.15, 0.2) is 0 Å². The Balaban J connectivity index is 1.99. The summed E-state index contributed by atoms with van der Waals surface area (Å²) in [5, 5.41) is 3.48. The average Bonchev–Trinajstić information content (AvgIpc) is 2.27. The normalized spacial score (nSPS) is 19.6. The van der Waals surface area contributed by atoms with Gasteiger partial charge in [-0.3, -0.25) is 0 Å². The summed E-state index contributed by atoms with van der Waals surface area (Å²) in [6, 6.07) is 0. The predicted octanol–water partition coefficient (Wildman–Crippen LogP) is 2.50. The molecule has 0 aromatic carbocycles. The van der Waals surface area contributed by atoms with E-state index in [1.165, 1.54) is 64.8 Å². The van der Waals surface area contributed by atoms with Crippen molar-refractivity contribution in [3.63, 3.8) is 0 Å². The number of hydrogen-bond acceptors (Lipinski definition) is 2. The Labute approximate surface area is 95.4 Å². The van der Waals surface area contributed by atoms with Crippen molar-refractivity contribution in [1.82, 2.24) is 10.2 Å². The van der Waals surface area contributed by atoms with Crippen molar-refractivity contribution >= 4 is 0 Å². The highest BCUT2D eigenvalue weighted by Gasteiger charge is 2.17. The quantitative estimate of drug-likeness (QED) is 0.652. The Morgan fingerprint density at radius 2 is 1.80 bits per heavy atom. The van der Waals surface area contributed by atoms with Crippen LogP contribution in [0.1, 0.15) is 46.0 Å². The minimum absolute atomic E-state index is 1.02. The maximum Gasteiger partial charge on any atom is 0.0107 e. The number of rotatable bonds is 7. The number of hydrogen-bond donors (Lipinski definition) is 1. The molecule has 1 aliphatic rings. The second-order valence-electron chi connectivity index (χ2n) is 4.82. The van der Waals surface area contributed by atoms with Crippen molar-refractivity contribution in [2.75, 3.05) is 32.7 Å². The highest BCUT2D eigenvalue weighted by atomic mass is 15.1. The molecule has 1 heterocycles. The van der Waals surface area contributed by atoms with E-state index in [0.717, 1.165) is 5.92 Å². The van der Waals surface area contributed by atoms with E-state index in [1.807, 2.05) is 0 Å². The molecule has 0 unspecified atom stereocenters. The first-order chi connectivity index (χ1) is 7.36. The molecule has 0 radical (unpaired) electrons. The Kier molecular flexibility index (Phi) is 7.03. The van der Waals surface area contributed by atoms with Crippen molar-refractivity contribution < 1.29 is 0 Å². The van der Waals surface area contributed by atoms with Gasteiger partial charge in [0.2, 0.25) is 0 Å². The topological polar surface area (TPSA) is 15.3 Å². The van der Waals surface area contributed by atoms with Gasteiger partial charge in [0.05, 0.1) is 0 Å². The Morgan fingerprint density at radius 1 is 1.07 bits per heavy atom. The monoisotopic (exact) mass is 212 g/mol. The van der Waals surface area contributed by atoms with Crippen molar-refractivity contribution in [1.29, 1.82) is 0 Å². The molecule has 1 N–H and O–H groups in total. The number of nitrogens with one attached hydrogen (secondary N) is 1. The Hall–Kier alpha value is -0.0800. The first kappa shape index (κ1) is 13.0. The highest BCUT2D eigenvalue weighted by molar-refractivity contribution is 4.72. The maximum absolute atomic E-state index is 3.48. The van der Waals surface area contributed by atoms with Gasteiger partial charge in [-0.05, 0) is 44.8 Å². The van der Waals surface area contributed by atoms with Gasteiger partial charge >= 0.3 is 0 Å². The molecule has 15 heavy (non-hydrogen) atoms. The molecule has 0 saturated carbocycles. The zero-order chi connectivity index (χ0) is 10.9. The van der Waals surface area contributed by atoms with E-state index in [9.17, 15) is 0 Å². The fourth-order valence-electron chi connectivity index (χ4n) is 2.45. The third-order valence-electron chi connectivity index (χ3n) is 3.44. The van der Waals surface area contributed by atoms with Gasteiger partial charge < -0.3 is 10.2 Å². The molecular weight excluding hydrogens is 184 g/mol. The van der Waals surface area contributed by atoms with Gasteiger partial charge in [0.1, 0.15) is 0 Å². The van der Waals surface area contributed by atoms with E-state index in [2.05, 4.69) is 24.1 Å². The Morgan fingerprint density at radius 3 is 2.40 bits per heavy atom. The minimum atomic E-state index is 1.02. The third kappa shape index (κ3) is 5.53. The van der Waals surface area contributed by atoms with Gasteiger partial charge in [-0.2, -0.15) is 0 Å². The van der Waals surface area contributed by atoms with Crippen molar-refractivity contribution in [2.45, 2.75) is 46.0 Å². The van der Waals surface area contributed by atoms with Crippen LogP contribution in [-0.2, 0) is 0 Å². The highest BCUT2D eigenvalue weighted by Crippen LogP contribution is 2.21. The molecule has 1 aliphatic heterocycles. The molecule has 1 saturated heterocycles. The molecule has 90 valence electrons. The lowest BCUT2D eigenvalue weighted by molar-refractivity contribution is 0.179. The number of likely N-dealkylation sites (tertiary alicyclic amines) is 1. The molecule has 2 nitrogen and oxygen atoms in total. The summed E-state index contributed by atoms with van der Waals surface area (Å²) in [4.78, 5) is 2.62. The smallest absolute Gasteiger partial charge is 0.0107 e. The summed E-state index contributed by atoms with van der Waals surface area (Å²) in [7, 11) is 0. The summed E-state index contributed by atoms with van der Waals surface area (Å²) in [6.45, 7) is 10.8. The summed E-state index contributed by atoms with van der Waals surface area (Å²) in [6.07, 6.45) is 6.92. The second-order valence-corrected chi connectivity index (χ2v) is 4.82. The molecule has 0 bridgehead atoms. The minimum Gasteiger partial charge on any atom is -0.315 e. The fraction of sp³-hybridized carbons (Fsp3) is 1.00. The van der Waals surface area contributed by atoms with E-state index < -0.39 is 0 Å². The second kappa shape index (κ2) is 8.12. The molecular formula is C13H28N2. The van der Waals surface area contributed by atoms with Crippen LogP contribution in [0.2, 0.25) is 0 Å². The zero-order valence-electron chi connectivity index (χ0n) is 10.6. The SMILES string of the molecule is CCCNCCN1CCC(CCC)CC1. The molecule has 1 fully saturated rings. The van der Waals surface area contributed by atoms with Gasteiger partial charge in [-0.25, -0.2) is 0 Å². The largest absolute Gasteiger partial charge is 0.315 e. The first-order valence-corrected chi connectivity index (χ1v) is 6.79. The predicted molar refractivity (Wildman–Crippen MR) is 67.2 cm³/mol. The molecule has 0 aliphatic carbocycles. The van der Waals surface area contributed by atoms with E-state index in [1.54, 1.807) is 0 Å². The average molecular weight is 212 g/mol. The summed E-state index contributed by atoms with van der Waals surface area (Å²) < 4.78 is 0. The van der Waals surface area contributed by atoms with Gasteiger partial charge in [-0.15, -0.1) is 0 Å². The molecule has 1 rings (SSSR count). The molecule has 0 aromatic heterocycles. The van der Waals surface area contributed by atoms with E-state index in [0.29, 0.717) is 0 Å².